The first-order valence-corrected chi connectivity index (χ1v) is 59.9. The van der Waals surface area contributed by atoms with Gasteiger partial charge in [0.15, 0.2) is 0 Å². The van der Waals surface area contributed by atoms with E-state index in [1.54, 1.807) is 5.57 Å². The maximum Gasteiger partial charge on any atom is 0.306 e. The molecule has 0 heterocycles. The number of hydrogen-bond acceptors (Lipinski definition) is 11. The summed E-state index contributed by atoms with van der Waals surface area (Å²) in [5, 5.41) is 3.40. The normalized spacial score (nSPS) is 26.3. The molecule has 0 aromatic rings. The van der Waals surface area contributed by atoms with E-state index in [0.29, 0.717) is 77.4 Å². The number of azide groups is 1. The Morgan fingerprint density at radius 2 is 0.694 bits per heavy atom. The van der Waals surface area contributed by atoms with Crippen molar-refractivity contribution >= 4 is 35.7 Å². The quantitative estimate of drug-likeness (QED) is 0.0108. The molecule has 0 N–H and O–H groups in total. The summed E-state index contributed by atoms with van der Waals surface area (Å²) in [5.74, 6) is 24.7. The smallest absolute Gasteiger partial charge is 0.306 e. The second-order valence-electron chi connectivity index (χ2n) is 50.8. The van der Waals surface area contributed by atoms with Crippen molar-refractivity contribution in [3.63, 3.8) is 0 Å². The number of imide groups is 1. The van der Waals surface area contributed by atoms with Crippen LogP contribution in [0.3, 0.4) is 0 Å². The van der Waals surface area contributed by atoms with E-state index in [2.05, 4.69) is 293 Å². The molecule has 2 amide bonds. The third kappa shape index (κ3) is 52.9. The number of unbranched alkanes of at least 4 members (excludes halogenated alkanes) is 10. The van der Waals surface area contributed by atoms with E-state index in [9.17, 15) is 28.8 Å². The Morgan fingerprint density at radius 3 is 1.08 bits per heavy atom. The number of fused-ring (bicyclic) bond motifs is 25. The summed E-state index contributed by atoms with van der Waals surface area (Å²) in [7, 11) is 0. The van der Waals surface area contributed by atoms with Gasteiger partial charge >= 0.3 is 23.9 Å². The first-order valence-electron chi connectivity index (χ1n) is 59.9. The maximum atomic E-state index is 12.2. The Morgan fingerprint density at radius 1 is 0.354 bits per heavy atom. The van der Waals surface area contributed by atoms with E-state index in [-0.39, 0.29) is 48.2 Å². The van der Waals surface area contributed by atoms with Gasteiger partial charge in [-0.25, -0.2) is 0 Å². The van der Waals surface area contributed by atoms with Crippen LogP contribution in [-0.4, -0.2) is 79.6 Å². The largest absolute Gasteiger partial charge is 0.466 e. The zero-order valence-electron chi connectivity index (χ0n) is 97.9. The summed E-state index contributed by atoms with van der Waals surface area (Å²) < 4.78 is 21.6. The average molecular weight is 2000 g/mol. The summed E-state index contributed by atoms with van der Waals surface area (Å²) in [6.45, 7) is 63.4. The van der Waals surface area contributed by atoms with Crippen molar-refractivity contribution in [3.8, 4) is 0 Å². The second kappa shape index (κ2) is 73.8. The molecule has 0 aliphatic heterocycles. The zero-order chi connectivity index (χ0) is 107. The highest BCUT2D eigenvalue weighted by molar-refractivity contribution is 5.95. The number of rotatable bonds is 45. The van der Waals surface area contributed by atoms with Crippen LogP contribution < -0.4 is 0 Å². The van der Waals surface area contributed by atoms with Crippen LogP contribution in [-0.2, 0) is 47.7 Å². The van der Waals surface area contributed by atoms with Crippen molar-refractivity contribution < 1.29 is 47.7 Å². The molecule has 10 bridgehead atoms. The number of ether oxygens (including phenoxy) is 4. The van der Waals surface area contributed by atoms with Gasteiger partial charge in [-0.15, -0.1) is 0 Å². The zero-order valence-corrected chi connectivity index (χ0v) is 97.9. The van der Waals surface area contributed by atoms with Gasteiger partial charge in [-0.05, 0) is 317 Å². The summed E-state index contributed by atoms with van der Waals surface area (Å²) in [4.78, 5) is 75.0. The van der Waals surface area contributed by atoms with Gasteiger partial charge in [-0.3, -0.25) is 33.7 Å². The van der Waals surface area contributed by atoms with Crippen LogP contribution in [0.25, 0.3) is 10.4 Å². The predicted molar refractivity (Wildman–Crippen MR) is 610 cm³/mol. The molecule has 5 saturated carbocycles. The molecule has 5 fully saturated rings. The highest BCUT2D eigenvalue weighted by atomic mass is 16.5. The number of esters is 4. The average Bonchev–Trinajstić information content (AvgIpc) is 1.60. The molecule has 0 radical (unpaired) electrons. The molecular formula is C130H222N4O10. The molecule has 21 atom stereocenters. The fourth-order valence-electron chi connectivity index (χ4n) is 23.5. The molecule has 0 aromatic heterocycles. The van der Waals surface area contributed by atoms with Crippen LogP contribution in [0.4, 0.5) is 0 Å². The fraction of sp³-hybridized carbons (Fsp3) is 0.800. The van der Waals surface area contributed by atoms with E-state index in [4.69, 9.17) is 24.5 Å². The lowest BCUT2D eigenvalue weighted by molar-refractivity contribution is -0.147. The van der Waals surface area contributed by atoms with Crippen molar-refractivity contribution in [2.75, 3.05) is 32.9 Å². The van der Waals surface area contributed by atoms with E-state index >= 15 is 0 Å². The van der Waals surface area contributed by atoms with Crippen LogP contribution in [0.2, 0.25) is 0 Å². The minimum absolute atomic E-state index is 0.00228. The Labute approximate surface area is 885 Å². The number of amides is 2. The summed E-state index contributed by atoms with van der Waals surface area (Å²) in [6.07, 6.45) is 83.2. The molecule has 0 aromatic carbocycles. The first kappa shape index (κ1) is 130. The fourth-order valence-corrected chi connectivity index (χ4v) is 23.5. The predicted octanol–water partition coefficient (Wildman–Crippen LogP) is 36.6. The lowest BCUT2D eigenvalue weighted by Crippen LogP contribution is -2.37. The van der Waals surface area contributed by atoms with Crippen LogP contribution in [0.15, 0.2) is 125 Å². The molecule has 14 nitrogen and oxygen atoms in total. The highest BCUT2D eigenvalue weighted by Crippen LogP contribution is 2.59. The number of carbonyl (C=O) groups excluding carboxylic acids is 6. The minimum atomic E-state index is -0.151. The lowest BCUT2D eigenvalue weighted by atomic mass is 9.81. The van der Waals surface area contributed by atoms with Crippen molar-refractivity contribution in [3.05, 3.63) is 130 Å². The molecule has 15 aliphatic carbocycles. The van der Waals surface area contributed by atoms with Gasteiger partial charge in [0.2, 0.25) is 11.8 Å². The third-order valence-corrected chi connectivity index (χ3v) is 30.2. The third-order valence-electron chi connectivity index (χ3n) is 30.2. The number of hydrogen-bond donors (Lipinski definition) is 0. The first-order chi connectivity index (χ1) is 68.6. The Hall–Kier alpha value is -6.27. The van der Waals surface area contributed by atoms with Gasteiger partial charge in [0.05, 0.1) is 13.2 Å². The molecule has 822 valence electrons. The van der Waals surface area contributed by atoms with Gasteiger partial charge < -0.3 is 18.9 Å². The minimum Gasteiger partial charge on any atom is -0.466 e. The van der Waals surface area contributed by atoms with Crippen molar-refractivity contribution in [2.45, 2.75) is 457 Å². The van der Waals surface area contributed by atoms with Crippen molar-refractivity contribution in [1.82, 2.24) is 4.90 Å². The van der Waals surface area contributed by atoms with E-state index in [1.807, 2.05) is 13.8 Å². The van der Waals surface area contributed by atoms with Crippen LogP contribution >= 0.6 is 0 Å². The van der Waals surface area contributed by atoms with Crippen molar-refractivity contribution in [2.24, 2.45) is 183 Å². The lowest BCUT2D eigenvalue weighted by Gasteiger charge is -2.23. The van der Waals surface area contributed by atoms with Gasteiger partial charge in [0.1, 0.15) is 12.7 Å². The van der Waals surface area contributed by atoms with Crippen LogP contribution in [0, 0.1) is 178 Å². The summed E-state index contributed by atoms with van der Waals surface area (Å²) in [6, 6.07) is 0. The molecular weight excluding hydrogens is 1780 g/mol. The Bertz CT molecular complexity index is 3830. The highest BCUT2D eigenvalue weighted by Gasteiger charge is 2.51. The van der Waals surface area contributed by atoms with Crippen molar-refractivity contribution in [1.29, 1.82) is 0 Å². The molecule has 14 heteroatoms. The topological polar surface area (TPSA) is 191 Å². The van der Waals surface area contributed by atoms with Gasteiger partial charge in [0.25, 0.3) is 0 Å². The van der Waals surface area contributed by atoms with Gasteiger partial charge in [0, 0.05) is 62.9 Å². The summed E-state index contributed by atoms with van der Waals surface area (Å²) in [5.41, 5.74) is 12.5. The molecule has 0 spiro atoms. The van der Waals surface area contributed by atoms with Gasteiger partial charge in [-0.1, -0.05) is 397 Å². The van der Waals surface area contributed by atoms with E-state index in [0.717, 1.165) is 274 Å². The standard InChI is InChI=1S/2C21H32O2.C20H30O2.C16H30N4O2.C12H24O2.2C10H12.5C4H10/c1-14(2)7-5-4-6-8-21(22)23-15(3)18-12-19-16-9-10-17(11-16)20(19)13-18;1-15(2)6-4-3-5-7-20(22)23-13-12-16-10-11-19-17-8-9-18(14-17)21(16)19;1-14(2)6-4-3-5-7-20(21)22-13-15-10-18-16-8-9-17(12-16)19(18)11-15;1-4-13-20(16(22)11-8-12-18-19-17)15(21)10-7-5-6-9-14(2)3;1-4-10-14-12(13)9-7-5-6-8-11(2)3;2*1-2-9-7-4-5-8(6-7)10(9)3-1;5*1-4(2)3/h9-10,12,14-17,19-20H,4-8,11,13H2,1-3H3;8-10,15,17-19,21H,3-7,11-14H2,1-2H3;8-10,14,16-19H,3-7,11-13H2,1-2H3;14H,4-13H2,1-3H3;11H,4-10H2,1-3H3;2*1-2,4-5,7-10H,3,6H2;5*4H,1-3H3/t15-,16?,17?,19?,20?;;;;;;;;;;;/m1.........../s1. The number of allylic oxidation sites excluding steroid dienone is 17. The van der Waals surface area contributed by atoms with E-state index in [1.165, 1.54) is 125 Å². The number of nitrogens with zero attached hydrogens (tertiary/aromatic N) is 4. The second-order valence-corrected chi connectivity index (χ2v) is 50.8. The molecule has 15 aliphatic rings. The maximum absolute atomic E-state index is 12.2. The monoisotopic (exact) mass is 2000 g/mol. The Kier molecular flexibility index (Phi) is 66.6. The number of carbonyl (C=O) groups is 6. The molecule has 0 saturated heterocycles. The van der Waals surface area contributed by atoms with Crippen LogP contribution in [0.5, 0.6) is 0 Å². The summed E-state index contributed by atoms with van der Waals surface area (Å²) >= 11 is 0. The Balaban J connectivity index is 0.000000343. The molecule has 144 heavy (non-hydrogen) atoms. The molecule has 15 rings (SSSR count). The van der Waals surface area contributed by atoms with Gasteiger partial charge in [-0.2, -0.15) is 0 Å². The SMILES string of the molecule is C1=CC2C3C=CC(C3)C2C1.C1=CC2C3C=CC(C3)C2C1.CC(C)C.CC(C)C.CC(C)C.CC(C)C.CC(C)C.CC(C)CCCCCC(=O)OCC1=CC2C3C=CC(C3)C2C1.CC(C)CCCCCC(=O)OCCC1=CCC2C3C=CC(C3)C12.CC(C)CCCCCC(=O)O[C@H](C)C1=CC2C3C=CC(C3)C2C1.CCCN(C(=O)CCCCCC(C)C)C(=O)CCCN=[N+]=[N-].CCCOC(=O)CCCCCC(C)C. The van der Waals surface area contributed by atoms with Crippen LogP contribution in [0.1, 0.15) is 451 Å². The molecule has 20 unspecified atom stereocenters. The van der Waals surface area contributed by atoms with E-state index < -0.39 is 0 Å².